The molecule has 34 heavy (non-hydrogen) atoms. The van der Waals surface area contributed by atoms with Crippen molar-refractivity contribution in [3.63, 3.8) is 0 Å². The molecule has 3 aliphatic rings. The Kier molecular flexibility index (Phi) is 5.41. The molecule has 1 aromatic heterocycles. The Balaban J connectivity index is 1.17. The number of nitrogens with one attached hydrogen (secondary N) is 1. The van der Waals surface area contributed by atoms with Gasteiger partial charge in [0, 0.05) is 30.2 Å². The molecule has 0 unspecified atom stereocenters. The molecule has 0 aliphatic heterocycles. The van der Waals surface area contributed by atoms with Gasteiger partial charge in [-0.25, -0.2) is 8.78 Å². The lowest BCUT2D eigenvalue weighted by atomic mass is 9.38. The number of ketones is 1. The van der Waals surface area contributed by atoms with Crippen LogP contribution in [0, 0.1) is 17.0 Å². The largest absolute Gasteiger partial charge is 0.484 e. The van der Waals surface area contributed by atoms with Gasteiger partial charge < -0.3 is 14.5 Å². The van der Waals surface area contributed by atoms with Gasteiger partial charge in [-0.15, -0.1) is 0 Å². The first-order valence-electron chi connectivity index (χ1n) is 10.4. The van der Waals surface area contributed by atoms with Crippen LogP contribution in [0.5, 0.6) is 5.75 Å². The summed E-state index contributed by atoms with van der Waals surface area (Å²) in [5.74, 6) is -1.98. The zero-order valence-corrected chi connectivity index (χ0v) is 19.1. The number of rotatable bonds is 7. The third kappa shape index (κ3) is 4.05. The summed E-state index contributed by atoms with van der Waals surface area (Å²) in [5, 5.41) is 2.69. The standard InChI is InChI=1S/C24H17Cl2F2NO5/c25-14-2-1-12(3-16(14)27)33-8-22(32)29-24-9-23(10-24,11-24)7-19(31)21-6-18(30)13-4-17(28)15(26)5-20(13)34-21/h1-6H,7-11H2,(H,29,32). The summed E-state index contributed by atoms with van der Waals surface area (Å²) in [4.78, 5) is 37.3. The van der Waals surface area contributed by atoms with E-state index in [1.165, 1.54) is 18.2 Å². The minimum Gasteiger partial charge on any atom is -0.484 e. The summed E-state index contributed by atoms with van der Waals surface area (Å²) in [5.41, 5.74) is -1.13. The number of fused-ring (bicyclic) bond motifs is 1. The molecule has 0 radical (unpaired) electrons. The highest BCUT2D eigenvalue weighted by Gasteiger charge is 2.68. The van der Waals surface area contributed by atoms with Gasteiger partial charge in [-0.05, 0) is 42.9 Å². The molecule has 6 nitrogen and oxygen atoms in total. The maximum absolute atomic E-state index is 13.6. The fourth-order valence-electron chi connectivity index (χ4n) is 5.08. The molecule has 3 saturated carbocycles. The maximum atomic E-state index is 13.6. The summed E-state index contributed by atoms with van der Waals surface area (Å²) >= 11 is 11.4. The summed E-state index contributed by atoms with van der Waals surface area (Å²) in [6, 6.07) is 7.14. The molecule has 1 heterocycles. The summed E-state index contributed by atoms with van der Waals surface area (Å²) in [6.45, 7) is -0.278. The van der Waals surface area contributed by atoms with Crippen LogP contribution < -0.4 is 15.5 Å². The van der Waals surface area contributed by atoms with Crippen LogP contribution in [0.25, 0.3) is 11.0 Å². The molecular weight excluding hydrogens is 491 g/mol. The number of carbonyl (C=O) groups is 2. The first-order chi connectivity index (χ1) is 16.1. The lowest BCUT2D eigenvalue weighted by Gasteiger charge is -2.70. The highest BCUT2D eigenvalue weighted by molar-refractivity contribution is 6.31. The lowest BCUT2D eigenvalue weighted by Crippen LogP contribution is -2.75. The molecule has 6 rings (SSSR count). The van der Waals surface area contributed by atoms with E-state index in [1.807, 2.05) is 0 Å². The van der Waals surface area contributed by atoms with Crippen LogP contribution in [-0.2, 0) is 4.79 Å². The topological polar surface area (TPSA) is 85.6 Å². The van der Waals surface area contributed by atoms with E-state index in [2.05, 4.69) is 5.32 Å². The van der Waals surface area contributed by atoms with Gasteiger partial charge >= 0.3 is 0 Å². The fraction of sp³-hybridized carbons (Fsp3) is 0.292. The van der Waals surface area contributed by atoms with E-state index in [9.17, 15) is 23.2 Å². The Morgan fingerprint density at radius 3 is 2.44 bits per heavy atom. The molecular formula is C24H17Cl2F2NO5. The first kappa shape index (κ1) is 22.8. The lowest BCUT2D eigenvalue weighted by molar-refractivity contribution is -0.164. The first-order valence-corrected chi connectivity index (χ1v) is 11.2. The SMILES string of the molecule is O=C(COc1ccc(Cl)c(F)c1)NC12CC(CC(=O)c3cc(=O)c4cc(F)c(Cl)cc4o3)(C1)C2. The zero-order chi connectivity index (χ0) is 24.3. The number of ether oxygens (including phenoxy) is 1. The fourth-order valence-corrected chi connectivity index (χ4v) is 5.35. The Bertz CT molecular complexity index is 1400. The summed E-state index contributed by atoms with van der Waals surface area (Å²) in [6.07, 6.45) is 2.00. The Hall–Kier alpha value is -2.97. The van der Waals surface area contributed by atoms with Crippen LogP contribution in [0.15, 0.2) is 45.6 Å². The zero-order valence-electron chi connectivity index (χ0n) is 17.6. The summed E-state index contributed by atoms with van der Waals surface area (Å²) < 4.78 is 37.9. The molecule has 176 valence electrons. The van der Waals surface area contributed by atoms with Crippen molar-refractivity contribution in [1.29, 1.82) is 0 Å². The molecule has 0 saturated heterocycles. The molecule has 10 heteroatoms. The van der Waals surface area contributed by atoms with Crippen molar-refractivity contribution in [1.82, 2.24) is 5.32 Å². The Morgan fingerprint density at radius 2 is 1.74 bits per heavy atom. The molecule has 3 aliphatic carbocycles. The van der Waals surface area contributed by atoms with E-state index >= 15 is 0 Å². The quantitative estimate of drug-likeness (QED) is 0.451. The number of hydrogen-bond acceptors (Lipinski definition) is 5. The van der Waals surface area contributed by atoms with Gasteiger partial charge in [0.25, 0.3) is 5.91 Å². The molecule has 1 amide bonds. The van der Waals surface area contributed by atoms with Gasteiger partial charge in [0.2, 0.25) is 0 Å². The van der Waals surface area contributed by atoms with Crippen molar-refractivity contribution >= 4 is 45.9 Å². The number of halogens is 4. The number of benzene rings is 2. The van der Waals surface area contributed by atoms with Crippen LogP contribution in [0.3, 0.4) is 0 Å². The second kappa shape index (κ2) is 8.06. The molecule has 3 fully saturated rings. The molecule has 2 aromatic carbocycles. The normalized spacial score (nSPS) is 22.6. The third-order valence-electron chi connectivity index (χ3n) is 6.39. The van der Waals surface area contributed by atoms with E-state index < -0.39 is 17.1 Å². The summed E-state index contributed by atoms with van der Waals surface area (Å²) in [7, 11) is 0. The van der Waals surface area contributed by atoms with Gasteiger partial charge in [-0.1, -0.05) is 23.2 Å². The molecule has 3 aromatic rings. The second-order valence-corrected chi connectivity index (χ2v) is 9.88. The number of hydrogen-bond donors (Lipinski definition) is 1. The van der Waals surface area contributed by atoms with Crippen LogP contribution in [-0.4, -0.2) is 23.8 Å². The van der Waals surface area contributed by atoms with E-state index in [-0.39, 0.29) is 68.2 Å². The number of carbonyl (C=O) groups excluding carboxylic acids is 2. The third-order valence-corrected chi connectivity index (χ3v) is 6.98. The smallest absolute Gasteiger partial charge is 0.258 e. The number of amides is 1. The van der Waals surface area contributed by atoms with Crippen LogP contribution in [0.2, 0.25) is 10.0 Å². The average Bonchev–Trinajstić information content (AvgIpc) is 2.73. The second-order valence-electron chi connectivity index (χ2n) is 9.06. The number of Topliss-reactive ketones (excluding diaryl/α,β-unsaturated/α-hetero) is 1. The van der Waals surface area contributed by atoms with E-state index in [4.69, 9.17) is 32.4 Å². The van der Waals surface area contributed by atoms with Gasteiger partial charge in [-0.2, -0.15) is 0 Å². The van der Waals surface area contributed by atoms with Crippen molar-refractivity contribution in [3.05, 3.63) is 74.1 Å². The maximum Gasteiger partial charge on any atom is 0.258 e. The molecule has 0 atom stereocenters. The average molecular weight is 508 g/mol. The highest BCUT2D eigenvalue weighted by Crippen LogP contribution is 2.69. The van der Waals surface area contributed by atoms with Gasteiger partial charge in [-0.3, -0.25) is 14.4 Å². The Labute approximate surface area is 201 Å². The van der Waals surface area contributed by atoms with E-state index in [0.717, 1.165) is 18.2 Å². The molecule has 2 bridgehead atoms. The van der Waals surface area contributed by atoms with Crippen molar-refractivity contribution < 1.29 is 27.5 Å². The Morgan fingerprint density at radius 1 is 1.03 bits per heavy atom. The van der Waals surface area contributed by atoms with Crippen molar-refractivity contribution in [2.24, 2.45) is 5.41 Å². The molecule has 1 N–H and O–H groups in total. The van der Waals surface area contributed by atoms with Gasteiger partial charge in [0.1, 0.15) is 23.0 Å². The minimum atomic E-state index is -0.743. The van der Waals surface area contributed by atoms with Crippen molar-refractivity contribution in [3.8, 4) is 5.75 Å². The monoisotopic (exact) mass is 507 g/mol. The molecule has 0 spiro atoms. The van der Waals surface area contributed by atoms with E-state index in [1.54, 1.807) is 0 Å². The van der Waals surface area contributed by atoms with Crippen LogP contribution >= 0.6 is 23.2 Å². The van der Waals surface area contributed by atoms with Crippen LogP contribution in [0.1, 0.15) is 36.2 Å². The minimum absolute atomic E-state index is 0.00851. The van der Waals surface area contributed by atoms with Crippen LogP contribution in [0.4, 0.5) is 8.78 Å². The predicted octanol–water partition coefficient (Wildman–Crippen LogP) is 5.07. The van der Waals surface area contributed by atoms with Gasteiger partial charge in [0.05, 0.1) is 15.4 Å². The predicted molar refractivity (Wildman–Crippen MR) is 120 cm³/mol. The van der Waals surface area contributed by atoms with Crippen molar-refractivity contribution in [2.75, 3.05) is 6.61 Å². The van der Waals surface area contributed by atoms with E-state index in [0.29, 0.717) is 19.3 Å². The van der Waals surface area contributed by atoms with Crippen molar-refractivity contribution in [2.45, 2.75) is 31.2 Å². The van der Waals surface area contributed by atoms with Gasteiger partial charge in [0.15, 0.2) is 23.6 Å². The highest BCUT2D eigenvalue weighted by atomic mass is 35.5.